The van der Waals surface area contributed by atoms with E-state index in [4.69, 9.17) is 18.5 Å². The van der Waals surface area contributed by atoms with Crippen LogP contribution in [0.2, 0.25) is 0 Å². The van der Waals surface area contributed by atoms with Crippen molar-refractivity contribution in [1.29, 1.82) is 0 Å². The second-order valence-electron chi connectivity index (χ2n) is 7.94. The van der Waals surface area contributed by atoms with Gasteiger partial charge in [-0.15, -0.1) is 11.8 Å². The van der Waals surface area contributed by atoms with E-state index in [9.17, 15) is 4.79 Å². The van der Waals surface area contributed by atoms with Crippen molar-refractivity contribution in [1.82, 2.24) is 0 Å². The predicted molar refractivity (Wildman–Crippen MR) is 146 cm³/mol. The lowest BCUT2D eigenvalue weighted by atomic mass is 9.77. The highest BCUT2D eigenvalue weighted by Crippen LogP contribution is 2.39. The van der Waals surface area contributed by atoms with Gasteiger partial charge in [0.1, 0.15) is 5.76 Å². The van der Waals surface area contributed by atoms with Gasteiger partial charge in [0.05, 0.1) is 18.3 Å². The molecule has 3 rings (SSSR count). The summed E-state index contributed by atoms with van der Waals surface area (Å²) in [4.78, 5) is 12.8. The maximum atomic E-state index is 11.6. The van der Waals surface area contributed by atoms with Crippen LogP contribution in [0.5, 0.6) is 0 Å². The van der Waals surface area contributed by atoms with E-state index in [1.54, 1.807) is 17.8 Å². The lowest BCUT2D eigenvalue weighted by Crippen LogP contribution is -2.41. The van der Waals surface area contributed by atoms with E-state index in [0.717, 1.165) is 28.1 Å². The van der Waals surface area contributed by atoms with Gasteiger partial charge in [-0.2, -0.15) is 0 Å². The molecule has 34 heavy (non-hydrogen) atoms. The van der Waals surface area contributed by atoms with Crippen LogP contribution in [-0.2, 0) is 19.8 Å². The second-order valence-corrected chi connectivity index (χ2v) is 8.99. The van der Waals surface area contributed by atoms with Crippen molar-refractivity contribution in [3.63, 3.8) is 0 Å². The Balaban J connectivity index is 0.00000168. The number of hydrogen-bond donors (Lipinski definition) is 0. The summed E-state index contributed by atoms with van der Waals surface area (Å²) in [6.07, 6.45) is 9.29. The first-order valence-electron chi connectivity index (χ1n) is 12.4. The van der Waals surface area contributed by atoms with Gasteiger partial charge in [-0.25, -0.2) is 4.79 Å². The molecule has 7 heteroatoms. The average Bonchev–Trinajstić information content (AvgIpc) is 3.18. The van der Waals surface area contributed by atoms with E-state index in [0.29, 0.717) is 5.75 Å². The highest BCUT2D eigenvalue weighted by atomic mass is 32.2. The lowest BCUT2D eigenvalue weighted by Gasteiger charge is -2.32. The maximum Gasteiger partial charge on any atom is 0.494 e. The van der Waals surface area contributed by atoms with Crippen LogP contribution in [0.25, 0.3) is 0 Å². The van der Waals surface area contributed by atoms with Crippen LogP contribution in [0.4, 0.5) is 0 Å². The highest BCUT2D eigenvalue weighted by Gasteiger charge is 2.51. The molecule has 0 unspecified atom stereocenters. The van der Waals surface area contributed by atoms with E-state index in [1.165, 1.54) is 7.11 Å². The number of esters is 1. The van der Waals surface area contributed by atoms with Crippen molar-refractivity contribution in [3.05, 3.63) is 57.8 Å². The third kappa shape index (κ3) is 8.51. The number of hydrogen-bond acceptors (Lipinski definition) is 6. The summed E-state index contributed by atoms with van der Waals surface area (Å²) in [6.45, 7) is 22.1. The van der Waals surface area contributed by atoms with Crippen molar-refractivity contribution >= 4 is 24.8 Å². The minimum Gasteiger partial charge on any atom is -0.463 e. The number of allylic oxidation sites excluding steroid dienone is 5. The zero-order chi connectivity index (χ0) is 26.5. The second kappa shape index (κ2) is 15.3. The molecule has 0 amide bonds. The van der Waals surface area contributed by atoms with Crippen molar-refractivity contribution < 1.29 is 23.3 Å². The molecule has 0 atom stereocenters. The fourth-order valence-electron chi connectivity index (χ4n) is 2.91. The molecule has 1 saturated heterocycles. The summed E-state index contributed by atoms with van der Waals surface area (Å²) in [6, 6.07) is 1.75. The molecular weight excluding hydrogens is 447 g/mol. The van der Waals surface area contributed by atoms with Crippen LogP contribution in [0.1, 0.15) is 97.5 Å². The largest absolute Gasteiger partial charge is 0.494 e. The summed E-state index contributed by atoms with van der Waals surface area (Å²) in [5.41, 5.74) is 1.33. The van der Waals surface area contributed by atoms with E-state index in [-0.39, 0.29) is 24.1 Å². The number of carbonyl (C=O) groups excluding carboxylic acids is 1. The lowest BCUT2D eigenvalue weighted by molar-refractivity contribution is 0.00578. The quantitative estimate of drug-likeness (QED) is 0.306. The summed E-state index contributed by atoms with van der Waals surface area (Å²) in [5, 5.41) is 0. The van der Waals surface area contributed by atoms with Gasteiger partial charge in [0.25, 0.3) is 0 Å². The van der Waals surface area contributed by atoms with Crippen LogP contribution in [-0.4, -0.2) is 31.4 Å². The normalized spacial score (nSPS) is 17.5. The van der Waals surface area contributed by atoms with Crippen molar-refractivity contribution in [2.75, 3.05) is 7.11 Å². The minimum absolute atomic E-state index is 0.241. The molecular formula is C27H45BO5S. The molecule has 1 aliphatic heterocycles. The van der Waals surface area contributed by atoms with E-state index >= 15 is 0 Å². The van der Waals surface area contributed by atoms with Gasteiger partial charge < -0.3 is 18.5 Å². The molecule has 1 aromatic rings. The highest BCUT2D eigenvalue weighted by molar-refractivity contribution is 8.02. The molecule has 0 saturated carbocycles. The Morgan fingerprint density at radius 2 is 1.56 bits per heavy atom. The van der Waals surface area contributed by atoms with Crippen LogP contribution in [0, 0.1) is 6.92 Å². The summed E-state index contributed by atoms with van der Waals surface area (Å²) in [5.74, 6) is 1.24. The number of ether oxygens (including phenoxy) is 1. The molecule has 5 nitrogen and oxygen atoms in total. The molecule has 1 fully saturated rings. The number of carbonyl (C=O) groups is 1. The minimum atomic E-state index is -0.454. The van der Waals surface area contributed by atoms with E-state index in [2.05, 4.69) is 52.0 Å². The van der Waals surface area contributed by atoms with Crippen molar-refractivity contribution in [2.45, 2.75) is 99.5 Å². The van der Waals surface area contributed by atoms with Gasteiger partial charge in [0.2, 0.25) is 5.76 Å². The Bertz CT molecular complexity index is 833. The van der Waals surface area contributed by atoms with Crippen molar-refractivity contribution in [2.24, 2.45) is 0 Å². The number of furan rings is 1. The molecule has 0 bridgehead atoms. The van der Waals surface area contributed by atoms with E-state index < -0.39 is 5.97 Å². The molecule has 1 aromatic heterocycles. The summed E-state index contributed by atoms with van der Waals surface area (Å²) >= 11 is 1.70. The van der Waals surface area contributed by atoms with Crippen LogP contribution < -0.4 is 0 Å². The Labute approximate surface area is 212 Å². The van der Waals surface area contributed by atoms with Gasteiger partial charge in [0, 0.05) is 16.2 Å². The predicted octanol–water partition coefficient (Wildman–Crippen LogP) is 8.09. The standard InChI is InChI=1S/C21H27BO5S.3C2H6/c1-14-15(12-18(25-14)19(23)24-6)13-28-17-9-7-8-16(10-11-17)22-26-20(2,3)21(4,5)27-22;3*1-2/h8-12H,7,13H2,1-6H3;3*1-2H3. The topological polar surface area (TPSA) is 57.9 Å². The number of rotatable bonds is 5. The van der Waals surface area contributed by atoms with Gasteiger partial charge in [-0.05, 0) is 58.7 Å². The number of aryl methyl sites for hydroxylation is 1. The smallest absolute Gasteiger partial charge is 0.463 e. The zero-order valence-corrected chi connectivity index (χ0v) is 24.1. The first-order chi connectivity index (χ1) is 16.1. The molecule has 1 aliphatic carbocycles. The Hall–Kier alpha value is -1.70. The number of thioether (sulfide) groups is 1. The van der Waals surface area contributed by atoms with Crippen LogP contribution in [0.3, 0.4) is 0 Å². The number of methoxy groups -OCH3 is 1. The van der Waals surface area contributed by atoms with Crippen LogP contribution >= 0.6 is 11.8 Å². The third-order valence-corrected chi connectivity index (χ3v) is 6.53. The maximum absolute atomic E-state index is 11.6. The third-order valence-electron chi connectivity index (χ3n) is 5.44. The van der Waals surface area contributed by atoms with Crippen molar-refractivity contribution in [3.8, 4) is 0 Å². The monoisotopic (exact) mass is 492 g/mol. The molecule has 192 valence electrons. The zero-order valence-electron chi connectivity index (χ0n) is 23.3. The first kappa shape index (κ1) is 32.3. The van der Waals surface area contributed by atoms with Gasteiger partial charge in [0.15, 0.2) is 0 Å². The molecule has 0 aromatic carbocycles. The average molecular weight is 493 g/mol. The first-order valence-corrected chi connectivity index (χ1v) is 13.4. The van der Waals surface area contributed by atoms with Gasteiger partial charge >= 0.3 is 13.1 Å². The fourth-order valence-corrected chi connectivity index (χ4v) is 3.90. The van der Waals surface area contributed by atoms with E-state index in [1.807, 2.05) is 48.5 Å². The molecule has 0 spiro atoms. The summed E-state index contributed by atoms with van der Waals surface area (Å²) < 4.78 is 22.5. The molecule has 0 radical (unpaired) electrons. The molecule has 0 N–H and O–H groups in total. The molecule has 2 heterocycles. The van der Waals surface area contributed by atoms with Crippen LogP contribution in [0.15, 0.2) is 45.2 Å². The Kier molecular flexibility index (Phi) is 14.6. The Morgan fingerprint density at radius 3 is 2.09 bits per heavy atom. The van der Waals surface area contributed by atoms with Gasteiger partial charge in [-0.3, -0.25) is 0 Å². The SMILES string of the molecule is CC.CC.CC.COC(=O)c1cc(CSC2=CCC=C(B3OC(C)(C)C(C)(C)O3)C=C2)c(C)o1. The molecule has 2 aliphatic rings. The Morgan fingerprint density at radius 1 is 1.00 bits per heavy atom. The fraction of sp³-hybridized carbons (Fsp3) is 0.593. The summed E-state index contributed by atoms with van der Waals surface area (Å²) in [7, 11) is 0.998. The van der Waals surface area contributed by atoms with Gasteiger partial charge in [-0.1, -0.05) is 59.8 Å².